The van der Waals surface area contributed by atoms with Gasteiger partial charge in [-0.15, -0.1) is 0 Å². The van der Waals surface area contributed by atoms with Crippen LogP contribution in [0.2, 0.25) is 0 Å². The third kappa shape index (κ3) is 4.42. The number of H-pyrrole nitrogens is 1. The second kappa shape index (κ2) is 7.09. The minimum atomic E-state index is -0.909. The average Bonchev–Trinajstić information content (AvgIpc) is 2.97. The van der Waals surface area contributed by atoms with E-state index in [-0.39, 0.29) is 17.5 Å². The number of esters is 1. The van der Waals surface area contributed by atoms with Crippen LogP contribution in [0.15, 0.2) is 30.5 Å². The molecule has 0 aliphatic rings. The van der Waals surface area contributed by atoms with Gasteiger partial charge in [0.2, 0.25) is 0 Å². The molecule has 0 aliphatic carbocycles. The Labute approximate surface area is 135 Å². The van der Waals surface area contributed by atoms with Gasteiger partial charge < -0.3 is 15.0 Å². The van der Waals surface area contributed by atoms with Crippen LogP contribution in [0.25, 0.3) is 0 Å². The molecular formula is C17H21N3O3. The number of rotatable bonds is 5. The molecular weight excluding hydrogens is 294 g/mol. The number of aromatic nitrogens is 2. The van der Waals surface area contributed by atoms with Crippen molar-refractivity contribution in [2.24, 2.45) is 0 Å². The van der Waals surface area contributed by atoms with E-state index in [2.05, 4.69) is 15.3 Å². The summed E-state index contributed by atoms with van der Waals surface area (Å²) in [5.41, 5.74) is 1.94. The lowest BCUT2D eigenvalue weighted by molar-refractivity contribution is -0.123. The second-order valence-corrected chi connectivity index (χ2v) is 5.74. The zero-order valence-corrected chi connectivity index (χ0v) is 13.7. The first-order chi connectivity index (χ1) is 10.9. The number of nitrogens with zero attached hydrogens (tertiary/aromatic N) is 1. The summed E-state index contributed by atoms with van der Waals surface area (Å²) in [6.45, 7) is 7.39. The van der Waals surface area contributed by atoms with Crippen molar-refractivity contribution in [1.29, 1.82) is 0 Å². The van der Waals surface area contributed by atoms with Crippen LogP contribution in [0.3, 0.4) is 0 Å². The number of ether oxygens (including phenoxy) is 1. The monoisotopic (exact) mass is 315 g/mol. The van der Waals surface area contributed by atoms with Gasteiger partial charge in [-0.1, -0.05) is 26.0 Å². The predicted molar refractivity (Wildman–Crippen MR) is 87.4 cm³/mol. The van der Waals surface area contributed by atoms with Crippen LogP contribution in [0, 0.1) is 6.92 Å². The second-order valence-electron chi connectivity index (χ2n) is 5.74. The first-order valence-electron chi connectivity index (χ1n) is 7.50. The van der Waals surface area contributed by atoms with E-state index >= 15 is 0 Å². The Morgan fingerprint density at radius 1 is 1.26 bits per heavy atom. The molecule has 6 nitrogen and oxygen atoms in total. The van der Waals surface area contributed by atoms with Gasteiger partial charge in [-0.05, 0) is 31.5 Å². The van der Waals surface area contributed by atoms with E-state index in [9.17, 15) is 9.59 Å². The van der Waals surface area contributed by atoms with Gasteiger partial charge in [0.25, 0.3) is 5.91 Å². The lowest BCUT2D eigenvalue weighted by atomic mass is 10.2. The number of benzene rings is 1. The maximum absolute atomic E-state index is 12.1. The summed E-state index contributed by atoms with van der Waals surface area (Å²) in [5.74, 6) is -0.101. The summed E-state index contributed by atoms with van der Waals surface area (Å²) in [6, 6.07) is 7.41. The van der Waals surface area contributed by atoms with Gasteiger partial charge >= 0.3 is 5.97 Å². The summed E-state index contributed by atoms with van der Waals surface area (Å²) in [4.78, 5) is 31.1. The van der Waals surface area contributed by atoms with Crippen molar-refractivity contribution in [1.82, 2.24) is 9.97 Å². The highest BCUT2D eigenvalue weighted by Crippen LogP contribution is 2.13. The Morgan fingerprint density at radius 2 is 2.00 bits per heavy atom. The van der Waals surface area contributed by atoms with Crippen molar-refractivity contribution in [2.45, 2.75) is 39.7 Å². The summed E-state index contributed by atoms with van der Waals surface area (Å²) in [5, 5.41) is 2.72. The van der Waals surface area contributed by atoms with Gasteiger partial charge in [-0.3, -0.25) is 4.79 Å². The van der Waals surface area contributed by atoms with Crippen LogP contribution in [0.1, 0.15) is 48.6 Å². The van der Waals surface area contributed by atoms with Crippen LogP contribution in [-0.4, -0.2) is 27.9 Å². The molecule has 0 saturated carbocycles. The van der Waals surface area contributed by atoms with Crippen LogP contribution >= 0.6 is 0 Å². The van der Waals surface area contributed by atoms with Gasteiger partial charge in [-0.25, -0.2) is 9.78 Å². The van der Waals surface area contributed by atoms with Crippen molar-refractivity contribution >= 4 is 17.6 Å². The topological polar surface area (TPSA) is 84.1 Å². The first kappa shape index (κ1) is 16.7. The molecule has 0 unspecified atom stereocenters. The highest BCUT2D eigenvalue weighted by Gasteiger charge is 2.20. The van der Waals surface area contributed by atoms with Crippen molar-refractivity contribution in [3.8, 4) is 0 Å². The van der Waals surface area contributed by atoms with Crippen LogP contribution < -0.4 is 5.32 Å². The number of hydrogen-bond donors (Lipinski definition) is 2. The molecule has 0 saturated heterocycles. The first-order valence-corrected chi connectivity index (χ1v) is 7.50. The molecule has 1 aromatic carbocycles. The van der Waals surface area contributed by atoms with Crippen molar-refractivity contribution < 1.29 is 14.3 Å². The van der Waals surface area contributed by atoms with Crippen LogP contribution in [0.4, 0.5) is 5.69 Å². The van der Waals surface area contributed by atoms with Crippen LogP contribution in [0.5, 0.6) is 0 Å². The Morgan fingerprint density at radius 3 is 2.61 bits per heavy atom. The van der Waals surface area contributed by atoms with E-state index in [0.717, 1.165) is 5.56 Å². The molecule has 2 N–H and O–H groups in total. The molecule has 0 bridgehead atoms. The smallest absolute Gasteiger partial charge is 0.357 e. The van der Waals surface area contributed by atoms with Crippen molar-refractivity contribution in [2.75, 3.05) is 5.32 Å². The number of aryl methyl sites for hydroxylation is 1. The van der Waals surface area contributed by atoms with E-state index < -0.39 is 12.1 Å². The van der Waals surface area contributed by atoms with Crippen LogP contribution in [-0.2, 0) is 9.53 Å². The van der Waals surface area contributed by atoms with E-state index in [1.54, 1.807) is 6.07 Å². The Bertz CT molecular complexity index is 707. The van der Waals surface area contributed by atoms with E-state index in [1.165, 1.54) is 13.1 Å². The number of carbonyl (C=O) groups excluding carboxylic acids is 2. The predicted octanol–water partition coefficient (Wildman–Crippen LogP) is 3.03. The molecule has 1 amide bonds. The summed E-state index contributed by atoms with van der Waals surface area (Å²) in [7, 11) is 0. The quantitative estimate of drug-likeness (QED) is 0.831. The molecule has 0 spiro atoms. The average molecular weight is 315 g/mol. The zero-order chi connectivity index (χ0) is 17.0. The fraction of sp³-hybridized carbons (Fsp3) is 0.353. The van der Waals surface area contributed by atoms with Crippen molar-refractivity contribution in [3.05, 3.63) is 47.5 Å². The standard InChI is InChI=1S/C17H21N3O3/c1-10(2)15-18-9-14(20-15)17(22)23-12(4)16(21)19-13-7-5-6-11(3)8-13/h5-10,12H,1-4H3,(H,18,20)(H,19,21)/t12-/m1/s1. The Kier molecular flexibility index (Phi) is 5.16. The largest absolute Gasteiger partial charge is 0.448 e. The third-order valence-corrected chi connectivity index (χ3v) is 3.30. The van der Waals surface area contributed by atoms with Gasteiger partial charge in [-0.2, -0.15) is 0 Å². The lowest BCUT2D eigenvalue weighted by Crippen LogP contribution is -2.30. The van der Waals surface area contributed by atoms with E-state index in [4.69, 9.17) is 4.74 Å². The van der Waals surface area contributed by atoms with Gasteiger partial charge in [0.15, 0.2) is 6.10 Å². The zero-order valence-electron chi connectivity index (χ0n) is 13.7. The number of carbonyl (C=O) groups is 2. The maximum Gasteiger partial charge on any atom is 0.357 e. The minimum Gasteiger partial charge on any atom is -0.448 e. The highest BCUT2D eigenvalue weighted by molar-refractivity contribution is 5.96. The molecule has 2 rings (SSSR count). The number of amides is 1. The highest BCUT2D eigenvalue weighted by atomic mass is 16.5. The number of hydrogen-bond acceptors (Lipinski definition) is 4. The molecule has 0 fully saturated rings. The summed E-state index contributed by atoms with van der Waals surface area (Å²) in [6.07, 6.45) is 0.511. The number of imidazole rings is 1. The summed E-state index contributed by atoms with van der Waals surface area (Å²) >= 11 is 0. The van der Waals surface area contributed by atoms with Gasteiger partial charge in [0, 0.05) is 11.6 Å². The summed E-state index contributed by atoms with van der Waals surface area (Å²) < 4.78 is 5.17. The van der Waals surface area contributed by atoms with Gasteiger partial charge in [0.1, 0.15) is 11.5 Å². The lowest BCUT2D eigenvalue weighted by Gasteiger charge is -2.13. The molecule has 1 aromatic heterocycles. The fourth-order valence-corrected chi connectivity index (χ4v) is 1.98. The fourth-order valence-electron chi connectivity index (χ4n) is 1.98. The molecule has 0 radical (unpaired) electrons. The van der Waals surface area contributed by atoms with E-state index in [1.807, 2.05) is 39.0 Å². The molecule has 1 heterocycles. The SMILES string of the molecule is Cc1cccc(NC(=O)[C@@H](C)OC(=O)c2cnc(C(C)C)[nH]2)c1. The van der Waals surface area contributed by atoms with E-state index in [0.29, 0.717) is 11.5 Å². The molecule has 1 atom stereocenters. The minimum absolute atomic E-state index is 0.179. The molecule has 23 heavy (non-hydrogen) atoms. The molecule has 0 aliphatic heterocycles. The normalized spacial score (nSPS) is 12.0. The Hall–Kier alpha value is -2.63. The Balaban J connectivity index is 1.95. The van der Waals surface area contributed by atoms with Crippen molar-refractivity contribution in [3.63, 3.8) is 0 Å². The molecule has 2 aromatic rings. The molecule has 122 valence electrons. The number of aromatic amines is 1. The van der Waals surface area contributed by atoms with Gasteiger partial charge in [0.05, 0.1) is 6.20 Å². The number of nitrogens with one attached hydrogen (secondary N) is 2. The third-order valence-electron chi connectivity index (χ3n) is 3.30. The number of anilines is 1. The maximum atomic E-state index is 12.1. The molecule has 6 heteroatoms.